The van der Waals surface area contributed by atoms with Gasteiger partial charge in [0.2, 0.25) is 0 Å². The van der Waals surface area contributed by atoms with Crippen molar-refractivity contribution in [2.24, 2.45) is 0 Å². The first kappa shape index (κ1) is 19.4. The molecule has 0 atom stereocenters. The Morgan fingerprint density at radius 1 is 1.26 bits per heavy atom. The van der Waals surface area contributed by atoms with Gasteiger partial charge < -0.3 is 10.2 Å². The average Bonchev–Trinajstić information content (AvgIpc) is 3.00. The topological polar surface area (TPSA) is 64.3 Å². The predicted octanol–water partition coefficient (Wildman–Crippen LogP) is 2.88. The van der Waals surface area contributed by atoms with E-state index in [9.17, 15) is 4.79 Å². The lowest BCUT2D eigenvalue weighted by molar-refractivity contribution is 0.174. The summed E-state index contributed by atoms with van der Waals surface area (Å²) in [6, 6.07) is 10.9. The summed E-state index contributed by atoms with van der Waals surface area (Å²) < 4.78 is 0. The van der Waals surface area contributed by atoms with Crippen LogP contribution in [0.25, 0.3) is 0 Å². The lowest BCUT2D eigenvalue weighted by atomic mass is 10.0. The van der Waals surface area contributed by atoms with Crippen molar-refractivity contribution in [1.29, 1.82) is 0 Å². The largest absolute Gasteiger partial charge is 0.335 e. The number of likely N-dealkylation sites (N-methyl/N-ethyl adjacent to an activating group) is 1. The molecular formula is C21H31N5O. The highest BCUT2D eigenvalue weighted by Gasteiger charge is 2.22. The number of aromatic nitrogens is 2. The molecule has 2 N–H and O–H groups in total. The zero-order chi connectivity index (χ0) is 19.2. The van der Waals surface area contributed by atoms with E-state index in [2.05, 4.69) is 50.7 Å². The molecule has 1 aromatic carbocycles. The number of rotatable bonds is 6. The van der Waals surface area contributed by atoms with E-state index in [0.717, 1.165) is 50.3 Å². The molecule has 0 radical (unpaired) electrons. The number of hydrogen-bond acceptors (Lipinski definition) is 3. The number of likely N-dealkylation sites (tertiary alicyclic amines) is 1. The van der Waals surface area contributed by atoms with Crippen molar-refractivity contribution in [3.8, 4) is 0 Å². The van der Waals surface area contributed by atoms with Crippen molar-refractivity contribution < 1.29 is 4.79 Å². The molecule has 2 aromatic rings. The first-order valence-corrected chi connectivity index (χ1v) is 9.81. The third-order valence-corrected chi connectivity index (χ3v) is 5.49. The van der Waals surface area contributed by atoms with Crippen LogP contribution in [0.5, 0.6) is 0 Å². The van der Waals surface area contributed by atoms with Crippen LogP contribution in [0.15, 0.2) is 30.3 Å². The monoisotopic (exact) mass is 369 g/mol. The summed E-state index contributed by atoms with van der Waals surface area (Å²) in [6.45, 7) is 7.76. The van der Waals surface area contributed by atoms with Gasteiger partial charge in [0, 0.05) is 45.0 Å². The summed E-state index contributed by atoms with van der Waals surface area (Å²) in [4.78, 5) is 16.7. The second-order valence-electron chi connectivity index (χ2n) is 7.57. The Hall–Kier alpha value is -2.34. The number of urea groups is 1. The molecule has 1 saturated heterocycles. The molecule has 2 amide bonds. The Balaban J connectivity index is 1.39. The van der Waals surface area contributed by atoms with Gasteiger partial charge in [0.05, 0.1) is 5.69 Å². The van der Waals surface area contributed by atoms with E-state index in [1.165, 1.54) is 11.1 Å². The summed E-state index contributed by atoms with van der Waals surface area (Å²) in [7, 11) is 1.87. The number of nitrogens with zero attached hydrogens (tertiary/aromatic N) is 3. The number of aromatic amines is 1. The number of hydrogen-bond donors (Lipinski definition) is 2. The third-order valence-electron chi connectivity index (χ3n) is 5.49. The maximum Gasteiger partial charge on any atom is 0.317 e. The number of carbonyl (C=O) groups is 1. The second-order valence-corrected chi connectivity index (χ2v) is 7.57. The Bertz CT molecular complexity index is 715. The standard InChI is InChI=1S/C21H31N5O/c1-16-20(17(2)24-23-16)11-12-25(3)21(27)22-19-9-13-26(14-10-19)15-18-7-5-4-6-8-18/h4-8,19H,9-15H2,1-3H3,(H,22,27)(H,23,24). The third kappa shape index (κ3) is 5.32. The fourth-order valence-electron chi connectivity index (χ4n) is 3.69. The van der Waals surface area contributed by atoms with Crippen LogP contribution in [-0.2, 0) is 13.0 Å². The number of piperidine rings is 1. The lowest BCUT2D eigenvalue weighted by Gasteiger charge is -2.33. The number of nitrogens with one attached hydrogen (secondary N) is 2. The normalized spacial score (nSPS) is 15.7. The molecule has 27 heavy (non-hydrogen) atoms. The maximum absolute atomic E-state index is 12.5. The first-order chi connectivity index (χ1) is 13.0. The van der Waals surface area contributed by atoms with Gasteiger partial charge >= 0.3 is 6.03 Å². The zero-order valence-electron chi connectivity index (χ0n) is 16.7. The van der Waals surface area contributed by atoms with E-state index in [1.54, 1.807) is 4.90 Å². The summed E-state index contributed by atoms with van der Waals surface area (Å²) in [5.41, 5.74) is 4.67. The molecule has 1 fully saturated rings. The van der Waals surface area contributed by atoms with Crippen LogP contribution in [0.2, 0.25) is 0 Å². The van der Waals surface area contributed by atoms with Gasteiger partial charge in [-0.3, -0.25) is 10.00 Å². The maximum atomic E-state index is 12.5. The number of amides is 2. The van der Waals surface area contributed by atoms with Crippen molar-refractivity contribution in [2.75, 3.05) is 26.7 Å². The molecule has 146 valence electrons. The van der Waals surface area contributed by atoms with E-state index in [-0.39, 0.29) is 12.1 Å². The Morgan fingerprint density at radius 3 is 2.59 bits per heavy atom. The molecular weight excluding hydrogens is 338 g/mol. The van der Waals surface area contributed by atoms with Crippen LogP contribution < -0.4 is 5.32 Å². The van der Waals surface area contributed by atoms with Crippen LogP contribution in [0.1, 0.15) is 35.4 Å². The highest BCUT2D eigenvalue weighted by atomic mass is 16.2. The number of carbonyl (C=O) groups excluding carboxylic acids is 1. The minimum absolute atomic E-state index is 0.0234. The van der Waals surface area contributed by atoms with Crippen LogP contribution in [0, 0.1) is 13.8 Å². The molecule has 0 saturated carbocycles. The van der Waals surface area contributed by atoms with Gasteiger partial charge in [0.25, 0.3) is 0 Å². The number of H-pyrrole nitrogens is 1. The van der Waals surface area contributed by atoms with Crippen LogP contribution in [-0.4, -0.2) is 58.8 Å². The molecule has 1 aliphatic heterocycles. The molecule has 1 aliphatic rings. The van der Waals surface area contributed by atoms with Gasteiger partial charge in [-0.25, -0.2) is 4.79 Å². The predicted molar refractivity (Wildman–Crippen MR) is 108 cm³/mol. The van der Waals surface area contributed by atoms with Gasteiger partial charge in [-0.05, 0) is 44.2 Å². The van der Waals surface area contributed by atoms with Crippen LogP contribution in [0.3, 0.4) is 0 Å². The summed E-state index contributed by atoms with van der Waals surface area (Å²) in [6.07, 6.45) is 2.84. The Kier molecular flexibility index (Phi) is 6.50. The minimum Gasteiger partial charge on any atom is -0.335 e. The van der Waals surface area contributed by atoms with Crippen molar-refractivity contribution in [1.82, 2.24) is 25.3 Å². The quantitative estimate of drug-likeness (QED) is 0.823. The first-order valence-electron chi connectivity index (χ1n) is 9.81. The molecule has 0 spiro atoms. The SMILES string of the molecule is Cc1n[nH]c(C)c1CCN(C)C(=O)NC1CCN(Cc2ccccc2)CC1. The Labute approximate surface area is 161 Å². The lowest BCUT2D eigenvalue weighted by Crippen LogP contribution is -2.48. The van der Waals surface area contributed by atoms with Crippen molar-refractivity contribution in [3.63, 3.8) is 0 Å². The molecule has 0 bridgehead atoms. The van der Waals surface area contributed by atoms with E-state index in [4.69, 9.17) is 0 Å². The zero-order valence-corrected chi connectivity index (χ0v) is 16.7. The Morgan fingerprint density at radius 2 is 1.96 bits per heavy atom. The van der Waals surface area contributed by atoms with Crippen molar-refractivity contribution >= 4 is 6.03 Å². The molecule has 6 nitrogen and oxygen atoms in total. The smallest absolute Gasteiger partial charge is 0.317 e. The highest BCUT2D eigenvalue weighted by Crippen LogP contribution is 2.14. The number of aryl methyl sites for hydroxylation is 2. The van der Waals surface area contributed by atoms with Crippen LogP contribution in [0.4, 0.5) is 4.79 Å². The molecule has 1 aromatic heterocycles. The van der Waals surface area contributed by atoms with Gasteiger partial charge in [0.1, 0.15) is 0 Å². The molecule has 0 aliphatic carbocycles. The molecule has 0 unspecified atom stereocenters. The van der Waals surface area contributed by atoms with E-state index < -0.39 is 0 Å². The van der Waals surface area contributed by atoms with Gasteiger partial charge in [0.15, 0.2) is 0 Å². The van der Waals surface area contributed by atoms with E-state index >= 15 is 0 Å². The summed E-state index contributed by atoms with van der Waals surface area (Å²) in [5, 5.41) is 10.4. The average molecular weight is 370 g/mol. The highest BCUT2D eigenvalue weighted by molar-refractivity contribution is 5.74. The van der Waals surface area contributed by atoms with Crippen molar-refractivity contribution in [3.05, 3.63) is 52.8 Å². The minimum atomic E-state index is 0.0234. The van der Waals surface area contributed by atoms with Gasteiger partial charge in [-0.1, -0.05) is 30.3 Å². The van der Waals surface area contributed by atoms with Gasteiger partial charge in [-0.15, -0.1) is 0 Å². The van der Waals surface area contributed by atoms with E-state index in [0.29, 0.717) is 6.54 Å². The molecule has 2 heterocycles. The summed E-state index contributed by atoms with van der Waals surface area (Å²) >= 11 is 0. The summed E-state index contributed by atoms with van der Waals surface area (Å²) in [5.74, 6) is 0. The van der Waals surface area contributed by atoms with Gasteiger partial charge in [-0.2, -0.15) is 5.10 Å². The molecule has 3 rings (SSSR count). The van der Waals surface area contributed by atoms with E-state index in [1.807, 2.05) is 20.9 Å². The second kappa shape index (κ2) is 9.04. The fourth-order valence-corrected chi connectivity index (χ4v) is 3.69. The van der Waals surface area contributed by atoms with Crippen LogP contribution >= 0.6 is 0 Å². The number of benzene rings is 1. The fraction of sp³-hybridized carbons (Fsp3) is 0.524. The van der Waals surface area contributed by atoms with Crippen molar-refractivity contribution in [2.45, 2.75) is 45.7 Å². The molecule has 6 heteroatoms.